The summed E-state index contributed by atoms with van der Waals surface area (Å²) in [6.07, 6.45) is 4.24. The van der Waals surface area contributed by atoms with Crippen LogP contribution in [0.25, 0.3) is 0 Å². The maximum Gasteiger partial charge on any atom is 0.130 e. The van der Waals surface area contributed by atoms with Crippen LogP contribution in [0, 0.1) is 12.3 Å². The largest absolute Gasteiger partial charge is 0.457 e. The molecule has 0 aliphatic carbocycles. The van der Waals surface area contributed by atoms with Gasteiger partial charge < -0.3 is 15.9 Å². The Bertz CT molecular complexity index is 408. The van der Waals surface area contributed by atoms with E-state index in [1.807, 2.05) is 13.0 Å². The highest BCUT2D eigenvalue weighted by Gasteiger charge is 2.01. The lowest BCUT2D eigenvalue weighted by molar-refractivity contribution is 0.442. The molecule has 0 heterocycles. The minimum Gasteiger partial charge on any atom is -0.457 e. The predicted molar refractivity (Wildman–Crippen MR) is 63.3 cm³/mol. The van der Waals surface area contributed by atoms with Crippen LogP contribution in [0.2, 0.25) is 0 Å². The van der Waals surface area contributed by atoms with Crippen molar-refractivity contribution in [3.05, 3.63) is 48.3 Å². The quantitative estimate of drug-likeness (QED) is 0.341. The third kappa shape index (κ3) is 2.98. The first-order valence-electron chi connectivity index (χ1n) is 4.54. The smallest absolute Gasteiger partial charge is 0.130 e. The van der Waals surface area contributed by atoms with Crippen LogP contribution in [-0.4, -0.2) is 6.21 Å². The van der Waals surface area contributed by atoms with Crippen LogP contribution in [-0.2, 0) is 0 Å². The summed E-state index contributed by atoms with van der Waals surface area (Å²) in [7, 11) is 0. The molecule has 3 N–H and O–H groups in total. The van der Waals surface area contributed by atoms with Gasteiger partial charge >= 0.3 is 0 Å². The molecule has 0 fully saturated rings. The minimum atomic E-state index is 0.540. The second kappa shape index (κ2) is 5.00. The molecule has 3 heteroatoms. The summed E-state index contributed by atoms with van der Waals surface area (Å²) in [5, 5.41) is 6.94. The number of nitrogens with two attached hydrogens (primary N) is 1. The van der Waals surface area contributed by atoms with E-state index in [1.165, 1.54) is 6.08 Å². The molecule has 0 saturated heterocycles. The summed E-state index contributed by atoms with van der Waals surface area (Å²) in [5.74, 6) is 1.26. The molecule has 0 radical (unpaired) electrons. The second-order valence-corrected chi connectivity index (χ2v) is 3.07. The number of nitrogen functional groups attached to an aromatic ring is 1. The number of allylic oxidation sites excluding steroid dienone is 2. The van der Waals surface area contributed by atoms with Crippen molar-refractivity contribution in [3.8, 4) is 5.75 Å². The Kier molecular flexibility index (Phi) is 3.68. The molecular weight excluding hydrogens is 188 g/mol. The topological polar surface area (TPSA) is 59.1 Å². The highest BCUT2D eigenvalue weighted by Crippen LogP contribution is 2.22. The fourth-order valence-corrected chi connectivity index (χ4v) is 1.14. The van der Waals surface area contributed by atoms with Crippen molar-refractivity contribution in [2.45, 2.75) is 6.92 Å². The van der Waals surface area contributed by atoms with E-state index in [0.717, 1.165) is 17.5 Å². The molecule has 1 aromatic rings. The molecular formula is C12H14N2O. The molecule has 0 unspecified atom stereocenters. The van der Waals surface area contributed by atoms with Gasteiger partial charge in [-0.2, -0.15) is 0 Å². The molecule has 0 saturated carbocycles. The summed E-state index contributed by atoms with van der Waals surface area (Å²) >= 11 is 0. The average Bonchev–Trinajstić information content (AvgIpc) is 2.21. The molecule has 0 aliphatic rings. The van der Waals surface area contributed by atoms with E-state index >= 15 is 0 Å². The standard InChI is InChI=1S/C12H14N2O/c1-3-11(6-7-13)15-12-5-4-10(14)8-9(12)2/h3-8,13H,1,14H2,2H3/b11-6+,13-7?. The van der Waals surface area contributed by atoms with Crippen LogP contribution in [0.5, 0.6) is 5.75 Å². The van der Waals surface area contributed by atoms with Gasteiger partial charge in [0.1, 0.15) is 11.5 Å². The Morgan fingerprint density at radius 2 is 2.27 bits per heavy atom. The van der Waals surface area contributed by atoms with Crippen molar-refractivity contribution >= 4 is 11.9 Å². The summed E-state index contributed by atoms with van der Waals surface area (Å²) in [6.45, 7) is 5.52. The lowest BCUT2D eigenvalue weighted by atomic mass is 10.2. The minimum absolute atomic E-state index is 0.540. The third-order valence-corrected chi connectivity index (χ3v) is 1.88. The first-order chi connectivity index (χ1) is 7.17. The number of rotatable bonds is 4. The zero-order valence-corrected chi connectivity index (χ0v) is 8.66. The predicted octanol–water partition coefficient (Wildman–Crippen LogP) is 2.68. The molecule has 78 valence electrons. The molecule has 3 nitrogen and oxygen atoms in total. The number of aryl methyl sites for hydroxylation is 1. The van der Waals surface area contributed by atoms with E-state index in [2.05, 4.69) is 6.58 Å². The van der Waals surface area contributed by atoms with Crippen molar-refractivity contribution in [2.24, 2.45) is 0 Å². The number of benzene rings is 1. The van der Waals surface area contributed by atoms with Crippen molar-refractivity contribution in [1.82, 2.24) is 0 Å². The Labute approximate surface area is 89.4 Å². The second-order valence-electron chi connectivity index (χ2n) is 3.07. The van der Waals surface area contributed by atoms with Crippen LogP contribution >= 0.6 is 0 Å². The lowest BCUT2D eigenvalue weighted by Gasteiger charge is -2.09. The number of ether oxygens (including phenoxy) is 1. The summed E-state index contributed by atoms with van der Waals surface area (Å²) in [6, 6.07) is 5.40. The SMILES string of the molecule is C=C/C(=C\C=N)Oc1ccc(N)cc1C. The van der Waals surface area contributed by atoms with Crippen molar-refractivity contribution in [1.29, 1.82) is 5.41 Å². The first-order valence-corrected chi connectivity index (χ1v) is 4.54. The fourth-order valence-electron chi connectivity index (χ4n) is 1.14. The Hall–Kier alpha value is -2.03. The zero-order chi connectivity index (χ0) is 11.3. The van der Waals surface area contributed by atoms with Crippen LogP contribution in [0.4, 0.5) is 5.69 Å². The molecule has 15 heavy (non-hydrogen) atoms. The Morgan fingerprint density at radius 3 is 2.80 bits per heavy atom. The van der Waals surface area contributed by atoms with Gasteiger partial charge in [0.25, 0.3) is 0 Å². The highest BCUT2D eigenvalue weighted by atomic mass is 16.5. The number of nitrogens with one attached hydrogen (secondary N) is 1. The van der Waals surface area contributed by atoms with Gasteiger partial charge in [-0.15, -0.1) is 0 Å². The summed E-state index contributed by atoms with van der Waals surface area (Å²) < 4.78 is 5.53. The maximum absolute atomic E-state index is 6.94. The van der Waals surface area contributed by atoms with Crippen LogP contribution < -0.4 is 10.5 Å². The molecule has 0 aromatic heterocycles. The van der Waals surface area contributed by atoms with Crippen LogP contribution in [0.15, 0.2) is 42.7 Å². The monoisotopic (exact) mass is 202 g/mol. The van der Waals surface area contributed by atoms with Gasteiger partial charge in [0.15, 0.2) is 0 Å². The molecule has 1 aromatic carbocycles. The van der Waals surface area contributed by atoms with Crippen LogP contribution in [0.3, 0.4) is 0 Å². The van der Waals surface area contributed by atoms with E-state index in [4.69, 9.17) is 15.9 Å². The van der Waals surface area contributed by atoms with Gasteiger partial charge in [0.2, 0.25) is 0 Å². The van der Waals surface area contributed by atoms with Crippen molar-refractivity contribution in [3.63, 3.8) is 0 Å². The third-order valence-electron chi connectivity index (χ3n) is 1.88. The molecule has 1 rings (SSSR count). The first kappa shape index (κ1) is 11.0. The fraction of sp³-hybridized carbons (Fsp3) is 0.0833. The van der Waals surface area contributed by atoms with E-state index in [0.29, 0.717) is 11.4 Å². The van der Waals surface area contributed by atoms with Gasteiger partial charge in [0.05, 0.1) is 0 Å². The summed E-state index contributed by atoms with van der Waals surface area (Å²) in [4.78, 5) is 0. The van der Waals surface area contributed by atoms with Gasteiger partial charge in [-0.25, -0.2) is 0 Å². The highest BCUT2D eigenvalue weighted by molar-refractivity contribution is 5.69. The maximum atomic E-state index is 6.94. The number of hydrogen-bond donors (Lipinski definition) is 2. The molecule has 0 aliphatic heterocycles. The molecule has 0 bridgehead atoms. The lowest BCUT2D eigenvalue weighted by Crippen LogP contribution is -1.95. The van der Waals surface area contributed by atoms with E-state index in [9.17, 15) is 0 Å². The van der Waals surface area contributed by atoms with E-state index in [1.54, 1.807) is 18.2 Å². The van der Waals surface area contributed by atoms with Gasteiger partial charge in [0, 0.05) is 11.9 Å². The number of hydrogen-bond acceptors (Lipinski definition) is 3. The van der Waals surface area contributed by atoms with E-state index < -0.39 is 0 Å². The van der Waals surface area contributed by atoms with Crippen molar-refractivity contribution in [2.75, 3.05) is 5.73 Å². The molecule has 0 amide bonds. The van der Waals surface area contributed by atoms with Gasteiger partial charge in [-0.05, 0) is 42.8 Å². The zero-order valence-electron chi connectivity index (χ0n) is 8.66. The number of anilines is 1. The van der Waals surface area contributed by atoms with E-state index in [-0.39, 0.29) is 0 Å². The van der Waals surface area contributed by atoms with Gasteiger partial charge in [-0.1, -0.05) is 6.58 Å². The Balaban J connectivity index is 2.93. The Morgan fingerprint density at radius 1 is 1.53 bits per heavy atom. The molecule has 0 spiro atoms. The van der Waals surface area contributed by atoms with Crippen molar-refractivity contribution < 1.29 is 4.74 Å². The summed E-state index contributed by atoms with van der Waals surface area (Å²) in [5.41, 5.74) is 7.28. The molecule has 0 atom stereocenters. The van der Waals surface area contributed by atoms with Gasteiger partial charge in [-0.3, -0.25) is 0 Å². The average molecular weight is 202 g/mol. The van der Waals surface area contributed by atoms with Crippen LogP contribution in [0.1, 0.15) is 5.56 Å². The normalized spacial score (nSPS) is 10.9.